The molecular formula is C21H14Br2O3. The van der Waals surface area contributed by atoms with Gasteiger partial charge in [0.05, 0.1) is 3.74 Å². The molecule has 0 unspecified atom stereocenters. The van der Waals surface area contributed by atoms with Crippen LogP contribution in [-0.4, -0.2) is 10.2 Å². The van der Waals surface area contributed by atoms with Gasteiger partial charge in [-0.05, 0) is 42.0 Å². The minimum absolute atomic E-state index is 0.160. The molecule has 1 heterocycles. The first kappa shape index (κ1) is 17.2. The predicted octanol–water partition coefficient (Wildman–Crippen LogP) is 6.97. The molecule has 0 saturated carbocycles. The summed E-state index contributed by atoms with van der Waals surface area (Å²) in [6.45, 7) is 0. The first-order valence-electron chi connectivity index (χ1n) is 7.97. The molecule has 0 atom stereocenters. The maximum absolute atomic E-state index is 10.2. The Morgan fingerprint density at radius 3 is 2.12 bits per heavy atom. The molecule has 0 radical (unpaired) electrons. The number of benzene rings is 3. The Morgan fingerprint density at radius 1 is 0.769 bits per heavy atom. The third kappa shape index (κ3) is 3.02. The van der Waals surface area contributed by atoms with Crippen LogP contribution in [0.2, 0.25) is 0 Å². The van der Waals surface area contributed by atoms with E-state index in [4.69, 9.17) is 4.42 Å². The normalized spacial score (nSPS) is 11.3. The van der Waals surface area contributed by atoms with Gasteiger partial charge in [0.1, 0.15) is 22.8 Å². The second-order valence-electron chi connectivity index (χ2n) is 5.93. The molecule has 3 aromatic carbocycles. The SMILES string of the molecule is Oc1ccc(-c2oc3c(C(Br)Br)cc(O)cc3c2-c2ccccc2)cc1. The lowest BCUT2D eigenvalue weighted by Gasteiger charge is -2.05. The summed E-state index contributed by atoms with van der Waals surface area (Å²) >= 11 is 7.01. The van der Waals surface area contributed by atoms with Gasteiger partial charge in [-0.1, -0.05) is 62.2 Å². The van der Waals surface area contributed by atoms with Crippen LogP contribution in [-0.2, 0) is 0 Å². The highest BCUT2D eigenvalue weighted by Gasteiger charge is 2.22. The fourth-order valence-corrected chi connectivity index (χ4v) is 3.76. The Morgan fingerprint density at radius 2 is 1.46 bits per heavy atom. The fraction of sp³-hybridized carbons (Fsp3) is 0.0476. The number of furan rings is 1. The van der Waals surface area contributed by atoms with Crippen molar-refractivity contribution < 1.29 is 14.6 Å². The van der Waals surface area contributed by atoms with Gasteiger partial charge < -0.3 is 14.6 Å². The number of phenolic OH excluding ortho intramolecular Hbond substituents is 2. The topological polar surface area (TPSA) is 53.6 Å². The molecule has 130 valence electrons. The highest BCUT2D eigenvalue weighted by Crippen LogP contribution is 2.46. The zero-order valence-electron chi connectivity index (χ0n) is 13.5. The summed E-state index contributed by atoms with van der Waals surface area (Å²) < 4.78 is 6.11. The largest absolute Gasteiger partial charge is 0.508 e. The number of fused-ring (bicyclic) bond motifs is 1. The molecule has 3 nitrogen and oxygen atoms in total. The second kappa shape index (κ2) is 6.82. The Labute approximate surface area is 167 Å². The maximum atomic E-state index is 10.2. The number of alkyl halides is 2. The van der Waals surface area contributed by atoms with Crippen molar-refractivity contribution in [2.75, 3.05) is 0 Å². The van der Waals surface area contributed by atoms with Gasteiger partial charge in [0.2, 0.25) is 0 Å². The van der Waals surface area contributed by atoms with Gasteiger partial charge in [0.25, 0.3) is 0 Å². The zero-order chi connectivity index (χ0) is 18.3. The summed E-state index contributed by atoms with van der Waals surface area (Å²) in [5, 5.41) is 20.7. The molecule has 0 aliphatic heterocycles. The standard InChI is InChI=1S/C21H14Br2O3/c22-21(23)17-11-15(25)10-16-18(12-4-2-1-3-5-12)19(26-20(16)17)13-6-8-14(24)9-7-13/h1-11,21,24-25H. The van der Waals surface area contributed by atoms with Crippen LogP contribution in [0.4, 0.5) is 0 Å². The van der Waals surface area contributed by atoms with Gasteiger partial charge in [0.15, 0.2) is 0 Å². The molecule has 0 spiro atoms. The van der Waals surface area contributed by atoms with Crippen LogP contribution in [0.15, 0.2) is 71.1 Å². The van der Waals surface area contributed by atoms with E-state index in [2.05, 4.69) is 31.9 Å². The van der Waals surface area contributed by atoms with E-state index in [0.29, 0.717) is 11.3 Å². The van der Waals surface area contributed by atoms with Crippen LogP contribution in [0, 0.1) is 0 Å². The minimum Gasteiger partial charge on any atom is -0.508 e. The van der Waals surface area contributed by atoms with Crippen LogP contribution in [0.1, 0.15) is 9.30 Å². The van der Waals surface area contributed by atoms with Crippen molar-refractivity contribution in [1.29, 1.82) is 0 Å². The smallest absolute Gasteiger partial charge is 0.143 e. The molecule has 26 heavy (non-hydrogen) atoms. The summed E-state index contributed by atoms with van der Waals surface area (Å²) in [6.07, 6.45) is 0. The van der Waals surface area contributed by atoms with E-state index in [1.54, 1.807) is 24.3 Å². The van der Waals surface area contributed by atoms with Gasteiger partial charge in [-0.25, -0.2) is 0 Å². The van der Waals surface area contributed by atoms with E-state index in [0.717, 1.165) is 27.6 Å². The monoisotopic (exact) mass is 472 g/mol. The average Bonchev–Trinajstić information content (AvgIpc) is 3.01. The molecular weight excluding hydrogens is 460 g/mol. The van der Waals surface area contributed by atoms with E-state index in [1.807, 2.05) is 42.5 Å². The number of aromatic hydroxyl groups is 2. The molecule has 0 bridgehead atoms. The lowest BCUT2D eigenvalue weighted by Crippen LogP contribution is -1.83. The molecule has 4 aromatic rings. The quantitative estimate of drug-likeness (QED) is 0.316. The van der Waals surface area contributed by atoms with E-state index in [1.165, 1.54) is 0 Å². The van der Waals surface area contributed by atoms with Gasteiger partial charge in [-0.2, -0.15) is 0 Å². The zero-order valence-corrected chi connectivity index (χ0v) is 16.7. The Bertz CT molecular complexity index is 1070. The summed E-state index contributed by atoms with van der Waals surface area (Å²) in [4.78, 5) is 0. The summed E-state index contributed by atoms with van der Waals surface area (Å²) in [6, 6.07) is 20.2. The average molecular weight is 474 g/mol. The van der Waals surface area contributed by atoms with Crippen molar-refractivity contribution in [3.8, 4) is 33.9 Å². The van der Waals surface area contributed by atoms with Crippen LogP contribution >= 0.6 is 31.9 Å². The van der Waals surface area contributed by atoms with E-state index < -0.39 is 0 Å². The predicted molar refractivity (Wildman–Crippen MR) is 111 cm³/mol. The summed E-state index contributed by atoms with van der Waals surface area (Å²) in [5.74, 6) is 1.07. The van der Waals surface area contributed by atoms with Crippen LogP contribution in [0.25, 0.3) is 33.4 Å². The van der Waals surface area contributed by atoms with Crippen molar-refractivity contribution in [3.63, 3.8) is 0 Å². The van der Waals surface area contributed by atoms with Crippen molar-refractivity contribution in [2.24, 2.45) is 0 Å². The lowest BCUT2D eigenvalue weighted by molar-refractivity contribution is 0.474. The molecule has 0 fully saturated rings. The number of phenols is 2. The van der Waals surface area contributed by atoms with Gasteiger partial charge in [0, 0.05) is 22.1 Å². The first-order chi connectivity index (χ1) is 12.5. The number of rotatable bonds is 3. The Balaban J connectivity index is 2.10. The van der Waals surface area contributed by atoms with Gasteiger partial charge >= 0.3 is 0 Å². The molecule has 2 N–H and O–H groups in total. The third-order valence-corrected chi connectivity index (χ3v) is 5.22. The van der Waals surface area contributed by atoms with Crippen molar-refractivity contribution >= 4 is 42.8 Å². The molecule has 0 amide bonds. The highest BCUT2D eigenvalue weighted by molar-refractivity contribution is 9.24. The molecule has 4 rings (SSSR count). The van der Waals surface area contributed by atoms with Crippen LogP contribution < -0.4 is 0 Å². The van der Waals surface area contributed by atoms with Crippen molar-refractivity contribution in [3.05, 3.63) is 72.3 Å². The molecule has 0 saturated heterocycles. The van der Waals surface area contributed by atoms with Crippen molar-refractivity contribution in [1.82, 2.24) is 0 Å². The second-order valence-corrected chi connectivity index (χ2v) is 8.99. The van der Waals surface area contributed by atoms with Crippen LogP contribution in [0.5, 0.6) is 11.5 Å². The molecule has 5 heteroatoms. The molecule has 0 aliphatic rings. The number of hydrogen-bond acceptors (Lipinski definition) is 3. The summed E-state index contributed by atoms with van der Waals surface area (Å²) in [7, 11) is 0. The molecule has 0 aliphatic carbocycles. The number of halogens is 2. The summed E-state index contributed by atoms with van der Waals surface area (Å²) in [5.41, 5.74) is 4.25. The third-order valence-electron chi connectivity index (χ3n) is 4.23. The van der Waals surface area contributed by atoms with Crippen molar-refractivity contribution in [2.45, 2.75) is 3.74 Å². The Kier molecular flexibility index (Phi) is 4.51. The maximum Gasteiger partial charge on any atom is 0.143 e. The van der Waals surface area contributed by atoms with E-state index in [-0.39, 0.29) is 15.2 Å². The first-order valence-corrected chi connectivity index (χ1v) is 9.80. The lowest BCUT2D eigenvalue weighted by atomic mass is 9.98. The van der Waals surface area contributed by atoms with Crippen LogP contribution in [0.3, 0.4) is 0 Å². The van der Waals surface area contributed by atoms with E-state index in [9.17, 15) is 10.2 Å². The van der Waals surface area contributed by atoms with Gasteiger partial charge in [-0.15, -0.1) is 0 Å². The molecule has 1 aromatic heterocycles. The fourth-order valence-electron chi connectivity index (χ4n) is 3.08. The van der Waals surface area contributed by atoms with Gasteiger partial charge in [-0.3, -0.25) is 0 Å². The highest BCUT2D eigenvalue weighted by atomic mass is 79.9. The Hall–Kier alpha value is -2.24. The number of hydrogen-bond donors (Lipinski definition) is 2. The van der Waals surface area contributed by atoms with E-state index >= 15 is 0 Å². The minimum atomic E-state index is -0.160.